The van der Waals surface area contributed by atoms with Gasteiger partial charge in [0.25, 0.3) is 0 Å². The molecular formula is C14H15NO4Se. The molecule has 0 amide bonds. The second-order valence-corrected chi connectivity index (χ2v) is 6.44. The molecule has 1 atom stereocenters. The van der Waals surface area contributed by atoms with Crippen LogP contribution in [0.2, 0.25) is 0 Å². The molecule has 20 heavy (non-hydrogen) atoms. The van der Waals surface area contributed by atoms with Crippen molar-refractivity contribution in [2.24, 2.45) is 4.99 Å². The number of hydrogen-bond acceptors (Lipinski definition) is 4. The van der Waals surface area contributed by atoms with Gasteiger partial charge in [-0.2, -0.15) is 0 Å². The van der Waals surface area contributed by atoms with Gasteiger partial charge in [-0.25, -0.2) is 0 Å². The molecule has 106 valence electrons. The van der Waals surface area contributed by atoms with Crippen LogP contribution in [0.4, 0.5) is 0 Å². The molecule has 5 nitrogen and oxygen atoms in total. The Morgan fingerprint density at radius 1 is 1.45 bits per heavy atom. The van der Waals surface area contributed by atoms with Crippen molar-refractivity contribution in [2.45, 2.75) is 19.8 Å². The van der Waals surface area contributed by atoms with E-state index in [1.165, 1.54) is 0 Å². The summed E-state index contributed by atoms with van der Waals surface area (Å²) in [6, 6.07) is 7.72. The summed E-state index contributed by atoms with van der Waals surface area (Å²) in [5.41, 5.74) is 2.00. The van der Waals surface area contributed by atoms with Gasteiger partial charge in [-0.15, -0.1) is 0 Å². The molecule has 6 heteroatoms. The molecule has 0 aromatic heterocycles. The van der Waals surface area contributed by atoms with E-state index >= 15 is 0 Å². The van der Waals surface area contributed by atoms with Crippen molar-refractivity contribution in [2.75, 3.05) is 6.61 Å². The van der Waals surface area contributed by atoms with Crippen LogP contribution in [0.25, 0.3) is 0 Å². The van der Waals surface area contributed by atoms with Crippen LogP contribution < -0.4 is 0 Å². The average molecular weight is 340 g/mol. The van der Waals surface area contributed by atoms with Gasteiger partial charge in [0.15, 0.2) is 0 Å². The Morgan fingerprint density at radius 3 is 2.65 bits per heavy atom. The van der Waals surface area contributed by atoms with Crippen LogP contribution in [0, 0.1) is 6.92 Å². The molecular weight excluding hydrogens is 325 g/mol. The second kappa shape index (κ2) is 5.89. The molecule has 1 aliphatic heterocycles. The van der Waals surface area contributed by atoms with E-state index in [2.05, 4.69) is 4.99 Å². The molecule has 0 spiro atoms. The average Bonchev–Trinajstić information content (AvgIpc) is 2.67. The third-order valence-electron chi connectivity index (χ3n) is 2.68. The second-order valence-electron chi connectivity index (χ2n) is 4.27. The van der Waals surface area contributed by atoms with Crippen molar-refractivity contribution >= 4 is 25.5 Å². The molecule has 0 fully saturated rings. The molecule has 2 N–H and O–H groups in total. The molecule has 0 radical (unpaired) electrons. The van der Waals surface area contributed by atoms with Gasteiger partial charge in [0, 0.05) is 0 Å². The first-order valence-electron chi connectivity index (χ1n) is 6.11. The number of aliphatic imine (C=N–C) groups is 1. The summed E-state index contributed by atoms with van der Waals surface area (Å²) < 4.78 is 6.21. The van der Waals surface area contributed by atoms with E-state index in [4.69, 9.17) is 9.84 Å². The Kier molecular flexibility index (Phi) is 4.40. The molecule has 2 rings (SSSR count). The predicted octanol–water partition coefficient (Wildman–Crippen LogP) is 1.11. The number of ether oxygens (including phenoxy) is 1. The monoisotopic (exact) mass is 341 g/mol. The fraction of sp³-hybridized carbons (Fsp3) is 0.286. The zero-order valence-electron chi connectivity index (χ0n) is 11.2. The van der Waals surface area contributed by atoms with E-state index in [1.54, 1.807) is 6.92 Å². The number of aliphatic hydroxyl groups is 1. The zero-order chi connectivity index (χ0) is 14.8. The van der Waals surface area contributed by atoms with Crippen molar-refractivity contribution in [3.05, 3.63) is 45.9 Å². The van der Waals surface area contributed by atoms with Crippen LogP contribution in [-0.4, -0.2) is 48.3 Å². The van der Waals surface area contributed by atoms with E-state index in [1.807, 2.05) is 31.2 Å². The van der Waals surface area contributed by atoms with Crippen molar-refractivity contribution in [3.63, 3.8) is 0 Å². The number of carboxylic acids is 1. The quantitative estimate of drug-likeness (QED) is 0.489. The zero-order valence-corrected chi connectivity index (χ0v) is 12.9. The first-order chi connectivity index (χ1) is 9.44. The summed E-state index contributed by atoms with van der Waals surface area (Å²) in [6.07, 6.45) is 0.986. The van der Waals surface area contributed by atoms with E-state index in [0.29, 0.717) is 9.08 Å². The molecule has 1 aromatic rings. The molecule has 0 aliphatic carbocycles. The summed E-state index contributed by atoms with van der Waals surface area (Å²) in [5, 5.41) is 19.2. The van der Waals surface area contributed by atoms with Crippen LogP contribution in [-0.2, 0) is 9.53 Å². The van der Waals surface area contributed by atoms with Gasteiger partial charge in [0.2, 0.25) is 0 Å². The number of aliphatic carboxylic acids is 1. The van der Waals surface area contributed by atoms with E-state index in [-0.39, 0.29) is 21.6 Å². The van der Waals surface area contributed by atoms with E-state index in [9.17, 15) is 9.90 Å². The molecule has 1 aliphatic rings. The Balaban J connectivity index is 2.37. The van der Waals surface area contributed by atoms with Crippen LogP contribution in [0.3, 0.4) is 0 Å². The number of carbonyl (C=O) groups is 1. The Hall–Kier alpha value is -1.46. The summed E-state index contributed by atoms with van der Waals surface area (Å²) in [7, 11) is 0. The first kappa shape index (κ1) is 14.9. The van der Waals surface area contributed by atoms with Crippen LogP contribution in [0.15, 0.2) is 39.8 Å². The number of aryl methyl sites for hydroxylation is 1. The Morgan fingerprint density at radius 2 is 2.10 bits per heavy atom. The molecule has 1 heterocycles. The minimum absolute atomic E-state index is 0.244. The van der Waals surface area contributed by atoms with Crippen LogP contribution >= 0.6 is 0 Å². The summed E-state index contributed by atoms with van der Waals surface area (Å²) >= 11 is -0.377. The number of benzene rings is 1. The van der Waals surface area contributed by atoms with Gasteiger partial charge >= 0.3 is 123 Å². The molecule has 0 bridgehead atoms. The van der Waals surface area contributed by atoms with Gasteiger partial charge in [-0.3, -0.25) is 0 Å². The normalized spacial score (nSPS) is 23.9. The van der Waals surface area contributed by atoms with E-state index < -0.39 is 11.9 Å². The van der Waals surface area contributed by atoms with Crippen molar-refractivity contribution in [3.8, 4) is 0 Å². The van der Waals surface area contributed by atoms with Crippen molar-refractivity contribution in [1.29, 1.82) is 0 Å². The van der Waals surface area contributed by atoms with Gasteiger partial charge in [0.05, 0.1) is 0 Å². The fourth-order valence-corrected chi connectivity index (χ4v) is 3.90. The standard InChI is InChI=1S/C14H15NO4Se/c1-3-19-14(18)11(8-12(16)17)20-13(15-14)10-6-4-9(2)5-7-10/h4-8,18H,3H2,1-2H3,(H,16,17)/b11-8+. The predicted molar refractivity (Wildman–Crippen MR) is 75.8 cm³/mol. The molecule has 1 unspecified atom stereocenters. The van der Waals surface area contributed by atoms with Gasteiger partial charge < -0.3 is 0 Å². The topological polar surface area (TPSA) is 79.1 Å². The fourth-order valence-electron chi connectivity index (χ4n) is 1.75. The van der Waals surface area contributed by atoms with E-state index in [0.717, 1.165) is 17.2 Å². The number of nitrogens with zero attached hydrogens (tertiary/aromatic N) is 1. The van der Waals surface area contributed by atoms with Gasteiger partial charge in [-0.05, 0) is 0 Å². The van der Waals surface area contributed by atoms with Crippen LogP contribution in [0.5, 0.6) is 0 Å². The maximum atomic E-state index is 10.9. The minimum atomic E-state index is -1.84. The Labute approximate surface area is 123 Å². The molecule has 1 aromatic carbocycles. The molecule has 0 saturated heterocycles. The van der Waals surface area contributed by atoms with Gasteiger partial charge in [-0.1, -0.05) is 0 Å². The number of rotatable bonds is 4. The van der Waals surface area contributed by atoms with Gasteiger partial charge in [0.1, 0.15) is 0 Å². The number of carboxylic acid groups (broad SMARTS) is 1. The Bertz CT molecular complexity index is 579. The summed E-state index contributed by atoms with van der Waals surface area (Å²) in [6.45, 7) is 3.95. The third kappa shape index (κ3) is 3.16. The first-order valence-corrected chi connectivity index (χ1v) is 7.82. The maximum absolute atomic E-state index is 10.9. The SMILES string of the molecule is CCOC1(O)N=C(c2ccc(C)cc2)[Se]/C1=C/C(=O)O. The van der Waals surface area contributed by atoms with Crippen LogP contribution in [0.1, 0.15) is 18.1 Å². The third-order valence-corrected chi connectivity index (χ3v) is 5.04. The number of hydrogen-bond donors (Lipinski definition) is 2. The molecule has 0 saturated carbocycles. The summed E-state index contributed by atoms with van der Waals surface area (Å²) in [5.74, 6) is -2.95. The van der Waals surface area contributed by atoms with Crippen molar-refractivity contribution < 1.29 is 19.7 Å². The van der Waals surface area contributed by atoms with Crippen molar-refractivity contribution in [1.82, 2.24) is 0 Å². The summed E-state index contributed by atoms with van der Waals surface area (Å²) in [4.78, 5) is 15.0.